The summed E-state index contributed by atoms with van der Waals surface area (Å²) in [6.07, 6.45) is 1.60. The Morgan fingerprint density at radius 3 is 2.53 bits per heavy atom. The zero-order chi connectivity index (χ0) is 22.3. The summed E-state index contributed by atoms with van der Waals surface area (Å²) >= 11 is 0. The number of aromatic nitrogens is 1. The Labute approximate surface area is 189 Å². The van der Waals surface area contributed by atoms with Gasteiger partial charge in [-0.25, -0.2) is 4.98 Å². The molecule has 1 aromatic heterocycles. The molecule has 1 aliphatic rings. The first-order valence-electron chi connectivity index (χ1n) is 11.1. The summed E-state index contributed by atoms with van der Waals surface area (Å²) in [6, 6.07) is 19.5. The molecule has 0 spiro atoms. The first kappa shape index (κ1) is 21.8. The summed E-state index contributed by atoms with van der Waals surface area (Å²) in [4.78, 5) is 21.9. The molecule has 1 N–H and O–H groups in total. The van der Waals surface area contributed by atoms with Crippen molar-refractivity contribution >= 4 is 17.3 Å². The van der Waals surface area contributed by atoms with Gasteiger partial charge in [0.25, 0.3) is 5.91 Å². The van der Waals surface area contributed by atoms with Crippen LogP contribution in [0.4, 0.5) is 11.4 Å². The summed E-state index contributed by atoms with van der Waals surface area (Å²) in [5, 5.41) is 3.02. The van der Waals surface area contributed by atoms with E-state index in [9.17, 15) is 4.79 Å². The van der Waals surface area contributed by atoms with Crippen LogP contribution in [-0.2, 0) is 6.61 Å². The first-order valence-corrected chi connectivity index (χ1v) is 11.1. The highest BCUT2D eigenvalue weighted by molar-refractivity contribution is 6.04. The molecule has 0 atom stereocenters. The average Bonchev–Trinajstić information content (AvgIpc) is 2.85. The highest BCUT2D eigenvalue weighted by Gasteiger charge is 2.17. The lowest BCUT2D eigenvalue weighted by Gasteiger charge is -2.35. The number of carbonyl (C=O) groups excluding carboxylic acids is 1. The van der Waals surface area contributed by atoms with Crippen molar-refractivity contribution < 1.29 is 9.53 Å². The SMILES string of the molecule is CCN1CCN(c2ccc(NC(=O)c3ccnc(OCc4ccccc4)c3)c(C)c2)CC1. The Morgan fingerprint density at radius 2 is 1.81 bits per heavy atom. The quantitative estimate of drug-likeness (QED) is 0.603. The molecule has 1 fully saturated rings. The fourth-order valence-corrected chi connectivity index (χ4v) is 3.86. The number of pyridine rings is 1. The van der Waals surface area contributed by atoms with Crippen molar-refractivity contribution in [1.29, 1.82) is 0 Å². The molecule has 1 amide bonds. The van der Waals surface area contributed by atoms with Crippen molar-refractivity contribution in [2.45, 2.75) is 20.5 Å². The molecule has 1 aliphatic heterocycles. The van der Waals surface area contributed by atoms with Gasteiger partial charge in [0.05, 0.1) is 0 Å². The normalized spacial score (nSPS) is 14.2. The summed E-state index contributed by atoms with van der Waals surface area (Å²) in [6.45, 7) is 9.98. The van der Waals surface area contributed by atoms with Crippen LogP contribution in [0, 0.1) is 6.92 Å². The number of hydrogen-bond donors (Lipinski definition) is 1. The maximum absolute atomic E-state index is 12.8. The van der Waals surface area contributed by atoms with Crippen LogP contribution < -0.4 is 15.0 Å². The molecule has 1 saturated heterocycles. The fourth-order valence-electron chi connectivity index (χ4n) is 3.86. The average molecular weight is 431 g/mol. The number of benzene rings is 2. The third-order valence-electron chi connectivity index (χ3n) is 5.87. The second-order valence-corrected chi connectivity index (χ2v) is 8.03. The minimum absolute atomic E-state index is 0.177. The second kappa shape index (κ2) is 10.3. The number of anilines is 2. The molecule has 0 aliphatic carbocycles. The van der Waals surface area contributed by atoms with E-state index in [0.29, 0.717) is 18.1 Å². The lowest BCUT2D eigenvalue weighted by atomic mass is 10.1. The van der Waals surface area contributed by atoms with E-state index in [-0.39, 0.29) is 5.91 Å². The minimum Gasteiger partial charge on any atom is -0.473 e. The smallest absolute Gasteiger partial charge is 0.255 e. The number of piperazine rings is 1. The summed E-state index contributed by atoms with van der Waals surface area (Å²) in [7, 11) is 0. The van der Waals surface area contributed by atoms with Crippen LogP contribution in [0.15, 0.2) is 66.9 Å². The predicted octanol–water partition coefficient (Wildman–Crippen LogP) is 4.36. The van der Waals surface area contributed by atoms with Crippen LogP contribution in [0.2, 0.25) is 0 Å². The van der Waals surface area contributed by atoms with Crippen LogP contribution in [0.1, 0.15) is 28.4 Å². The standard InChI is InChI=1S/C26H30N4O2/c1-3-29-13-15-30(16-14-29)23-9-10-24(20(2)17-23)28-26(31)22-11-12-27-25(18-22)32-19-21-7-5-4-6-8-21/h4-12,17-18H,3,13-16,19H2,1-2H3,(H,28,31). The van der Waals surface area contributed by atoms with Crippen LogP contribution >= 0.6 is 0 Å². The number of hydrogen-bond acceptors (Lipinski definition) is 5. The number of rotatable bonds is 7. The van der Waals surface area contributed by atoms with E-state index in [2.05, 4.69) is 39.2 Å². The topological polar surface area (TPSA) is 57.7 Å². The predicted molar refractivity (Wildman–Crippen MR) is 128 cm³/mol. The van der Waals surface area contributed by atoms with E-state index < -0.39 is 0 Å². The summed E-state index contributed by atoms with van der Waals surface area (Å²) < 4.78 is 5.76. The molecule has 0 bridgehead atoms. The minimum atomic E-state index is -0.177. The van der Waals surface area contributed by atoms with Gasteiger partial charge in [-0.2, -0.15) is 0 Å². The molecule has 6 heteroatoms. The monoisotopic (exact) mass is 430 g/mol. The molecular formula is C26H30N4O2. The summed E-state index contributed by atoms with van der Waals surface area (Å²) in [5.74, 6) is 0.254. The Hall–Kier alpha value is -3.38. The fraction of sp³-hybridized carbons (Fsp3) is 0.308. The van der Waals surface area contributed by atoms with Crippen molar-refractivity contribution in [2.75, 3.05) is 42.9 Å². The molecule has 4 rings (SSSR count). The summed E-state index contributed by atoms with van der Waals surface area (Å²) in [5.41, 5.74) is 4.63. The van der Waals surface area contributed by atoms with Gasteiger partial charge in [-0.3, -0.25) is 4.79 Å². The van der Waals surface area contributed by atoms with Crippen molar-refractivity contribution in [1.82, 2.24) is 9.88 Å². The van der Waals surface area contributed by atoms with Gasteiger partial charge >= 0.3 is 0 Å². The van der Waals surface area contributed by atoms with Gasteiger partial charge < -0.3 is 19.9 Å². The van der Waals surface area contributed by atoms with Gasteiger partial charge in [0.15, 0.2) is 0 Å². The van der Waals surface area contributed by atoms with E-state index in [4.69, 9.17) is 4.74 Å². The number of aryl methyl sites for hydroxylation is 1. The lowest BCUT2D eigenvalue weighted by molar-refractivity contribution is 0.102. The molecule has 3 aromatic rings. The number of amides is 1. The van der Waals surface area contributed by atoms with Crippen LogP contribution in [-0.4, -0.2) is 48.5 Å². The Kier molecular flexibility index (Phi) is 7.02. The molecule has 32 heavy (non-hydrogen) atoms. The van der Waals surface area contributed by atoms with E-state index in [1.165, 1.54) is 5.69 Å². The molecule has 2 heterocycles. The third-order valence-corrected chi connectivity index (χ3v) is 5.87. The van der Waals surface area contributed by atoms with Gasteiger partial charge in [0.1, 0.15) is 6.61 Å². The largest absolute Gasteiger partial charge is 0.473 e. The Morgan fingerprint density at radius 1 is 1.03 bits per heavy atom. The third kappa shape index (κ3) is 5.45. The number of nitrogens with one attached hydrogen (secondary N) is 1. The van der Waals surface area contributed by atoms with E-state index in [1.807, 2.05) is 43.3 Å². The van der Waals surface area contributed by atoms with Crippen LogP contribution in [0.25, 0.3) is 0 Å². The van der Waals surface area contributed by atoms with Gasteiger partial charge in [-0.15, -0.1) is 0 Å². The Bertz CT molecular complexity index is 1050. The highest BCUT2D eigenvalue weighted by Crippen LogP contribution is 2.24. The maximum Gasteiger partial charge on any atom is 0.255 e. The first-order chi connectivity index (χ1) is 15.6. The van der Waals surface area contributed by atoms with Crippen LogP contribution in [0.5, 0.6) is 5.88 Å². The Balaban J connectivity index is 1.38. The second-order valence-electron chi connectivity index (χ2n) is 8.03. The molecule has 6 nitrogen and oxygen atoms in total. The molecule has 0 unspecified atom stereocenters. The van der Waals surface area contributed by atoms with E-state index in [1.54, 1.807) is 18.3 Å². The van der Waals surface area contributed by atoms with Crippen molar-refractivity contribution in [3.63, 3.8) is 0 Å². The molecule has 0 saturated carbocycles. The maximum atomic E-state index is 12.8. The lowest BCUT2D eigenvalue weighted by Crippen LogP contribution is -2.46. The van der Waals surface area contributed by atoms with Crippen LogP contribution in [0.3, 0.4) is 0 Å². The van der Waals surface area contributed by atoms with E-state index >= 15 is 0 Å². The van der Waals surface area contributed by atoms with Gasteiger partial charge in [-0.05, 0) is 48.9 Å². The van der Waals surface area contributed by atoms with Crippen molar-refractivity contribution in [3.05, 3.63) is 83.6 Å². The molecule has 2 aromatic carbocycles. The molecular weight excluding hydrogens is 400 g/mol. The zero-order valence-electron chi connectivity index (χ0n) is 18.8. The molecule has 166 valence electrons. The number of carbonyl (C=O) groups is 1. The highest BCUT2D eigenvalue weighted by atomic mass is 16.5. The number of likely N-dealkylation sites (N-methyl/N-ethyl adjacent to an activating group) is 1. The number of nitrogens with zero attached hydrogens (tertiary/aromatic N) is 3. The van der Waals surface area contributed by atoms with Crippen molar-refractivity contribution in [2.24, 2.45) is 0 Å². The van der Waals surface area contributed by atoms with E-state index in [0.717, 1.165) is 49.5 Å². The van der Waals surface area contributed by atoms with Gasteiger partial charge in [0.2, 0.25) is 5.88 Å². The van der Waals surface area contributed by atoms with Gasteiger partial charge in [-0.1, -0.05) is 37.3 Å². The number of ether oxygens (including phenoxy) is 1. The molecule has 0 radical (unpaired) electrons. The van der Waals surface area contributed by atoms with Gasteiger partial charge in [0, 0.05) is 55.4 Å². The van der Waals surface area contributed by atoms with Crippen molar-refractivity contribution in [3.8, 4) is 5.88 Å². The zero-order valence-corrected chi connectivity index (χ0v) is 18.8.